The highest BCUT2D eigenvalue weighted by atomic mass is 32.1. The van der Waals surface area contributed by atoms with Gasteiger partial charge in [0.2, 0.25) is 0 Å². The lowest BCUT2D eigenvalue weighted by molar-refractivity contribution is 0.570. The lowest BCUT2D eigenvalue weighted by Gasteiger charge is -2.11. The Labute approximate surface area is 132 Å². The molecule has 0 bridgehead atoms. The lowest BCUT2D eigenvalue weighted by atomic mass is 10.1. The minimum atomic E-state index is -0.564. The van der Waals surface area contributed by atoms with Gasteiger partial charge in [0.15, 0.2) is 5.96 Å². The van der Waals surface area contributed by atoms with Crippen LogP contribution >= 0.6 is 11.3 Å². The van der Waals surface area contributed by atoms with Gasteiger partial charge in [0.25, 0.3) is 0 Å². The number of aliphatic imine (C=N–C) groups is 1. The van der Waals surface area contributed by atoms with Crippen LogP contribution in [-0.2, 0) is 13.0 Å². The summed E-state index contributed by atoms with van der Waals surface area (Å²) in [6.07, 6.45) is 2.28. The van der Waals surface area contributed by atoms with Gasteiger partial charge < -0.3 is 10.6 Å². The molecular weight excluding hydrogens is 306 g/mol. The van der Waals surface area contributed by atoms with Gasteiger partial charge in [-0.3, -0.25) is 4.99 Å². The molecule has 0 fully saturated rings. The fourth-order valence-electron chi connectivity index (χ4n) is 1.90. The van der Waals surface area contributed by atoms with Crippen LogP contribution in [0.25, 0.3) is 0 Å². The van der Waals surface area contributed by atoms with E-state index in [-0.39, 0.29) is 0 Å². The summed E-state index contributed by atoms with van der Waals surface area (Å²) in [5.74, 6) is -0.469. The van der Waals surface area contributed by atoms with E-state index in [4.69, 9.17) is 0 Å². The molecule has 4 nitrogen and oxygen atoms in total. The lowest BCUT2D eigenvalue weighted by Crippen LogP contribution is -2.37. The van der Waals surface area contributed by atoms with Crippen molar-refractivity contribution in [2.45, 2.75) is 19.9 Å². The molecule has 118 valence electrons. The standard InChI is InChI=1S/C15H18F2N4S/c1-10-8-20-14(22-10)9-21-15(18-2)19-6-5-11-3-4-12(16)7-13(11)17/h3-4,7-8H,5-6,9H2,1-2H3,(H2,18,19,21). The minimum absolute atomic E-state index is 0.448. The highest BCUT2D eigenvalue weighted by Crippen LogP contribution is 2.11. The summed E-state index contributed by atoms with van der Waals surface area (Å²) in [6, 6.07) is 3.62. The van der Waals surface area contributed by atoms with Crippen molar-refractivity contribution in [3.05, 3.63) is 51.5 Å². The summed E-state index contributed by atoms with van der Waals surface area (Å²) in [5, 5.41) is 7.21. The fraction of sp³-hybridized carbons (Fsp3) is 0.333. The summed E-state index contributed by atoms with van der Waals surface area (Å²) in [4.78, 5) is 9.51. The van der Waals surface area contributed by atoms with Gasteiger partial charge in [-0.05, 0) is 25.0 Å². The molecule has 0 radical (unpaired) electrons. The van der Waals surface area contributed by atoms with Crippen LogP contribution < -0.4 is 10.6 Å². The second-order valence-electron chi connectivity index (χ2n) is 4.70. The Balaban J connectivity index is 1.79. The van der Waals surface area contributed by atoms with Crippen molar-refractivity contribution in [2.75, 3.05) is 13.6 Å². The molecule has 2 N–H and O–H groups in total. The molecule has 0 unspecified atom stereocenters. The number of nitrogens with zero attached hydrogens (tertiary/aromatic N) is 2. The van der Waals surface area contributed by atoms with Crippen molar-refractivity contribution < 1.29 is 8.78 Å². The predicted octanol–water partition coefficient (Wildman–Crippen LogP) is 2.64. The molecule has 7 heteroatoms. The van der Waals surface area contributed by atoms with E-state index in [0.717, 1.165) is 16.0 Å². The second-order valence-corrected chi connectivity index (χ2v) is 6.02. The maximum atomic E-state index is 13.5. The van der Waals surface area contributed by atoms with Gasteiger partial charge in [0.05, 0.1) is 6.54 Å². The molecule has 1 aromatic carbocycles. The third-order valence-corrected chi connectivity index (χ3v) is 3.91. The normalized spacial score (nSPS) is 11.5. The number of hydrogen-bond donors (Lipinski definition) is 2. The first-order valence-corrected chi connectivity index (χ1v) is 7.70. The van der Waals surface area contributed by atoms with Crippen molar-refractivity contribution >= 4 is 17.3 Å². The van der Waals surface area contributed by atoms with Crippen LogP contribution in [-0.4, -0.2) is 24.5 Å². The molecule has 0 spiro atoms. The van der Waals surface area contributed by atoms with Gasteiger partial charge in [0.1, 0.15) is 16.6 Å². The number of hydrogen-bond acceptors (Lipinski definition) is 3. The molecule has 2 rings (SSSR count). The van der Waals surface area contributed by atoms with E-state index in [1.54, 1.807) is 18.4 Å². The maximum Gasteiger partial charge on any atom is 0.191 e. The van der Waals surface area contributed by atoms with E-state index < -0.39 is 11.6 Å². The van der Waals surface area contributed by atoms with Gasteiger partial charge in [-0.25, -0.2) is 13.8 Å². The Morgan fingerprint density at radius 3 is 2.77 bits per heavy atom. The smallest absolute Gasteiger partial charge is 0.191 e. The molecule has 2 aromatic rings. The summed E-state index contributed by atoms with van der Waals surface area (Å²) >= 11 is 1.62. The van der Waals surface area contributed by atoms with E-state index >= 15 is 0 Å². The molecule has 0 amide bonds. The molecule has 0 aliphatic heterocycles. The van der Waals surface area contributed by atoms with Crippen LogP contribution in [0.1, 0.15) is 15.4 Å². The van der Waals surface area contributed by atoms with Crippen LogP contribution in [0.15, 0.2) is 29.4 Å². The number of halogens is 2. The van der Waals surface area contributed by atoms with E-state index in [1.807, 2.05) is 13.1 Å². The predicted molar refractivity (Wildman–Crippen MR) is 85.1 cm³/mol. The van der Waals surface area contributed by atoms with Crippen molar-refractivity contribution in [3.63, 3.8) is 0 Å². The van der Waals surface area contributed by atoms with Crippen molar-refractivity contribution in [1.82, 2.24) is 15.6 Å². The zero-order valence-electron chi connectivity index (χ0n) is 12.5. The van der Waals surface area contributed by atoms with Gasteiger partial charge >= 0.3 is 0 Å². The molecule has 0 saturated heterocycles. The largest absolute Gasteiger partial charge is 0.356 e. The molecule has 0 aliphatic rings. The SMILES string of the molecule is CN=C(NCCc1ccc(F)cc1F)NCc1ncc(C)s1. The third kappa shape index (κ3) is 4.77. The average Bonchev–Trinajstić information content (AvgIpc) is 2.90. The zero-order valence-corrected chi connectivity index (χ0v) is 13.3. The number of rotatable bonds is 5. The Morgan fingerprint density at radius 1 is 1.32 bits per heavy atom. The summed E-state index contributed by atoms with van der Waals surface area (Å²) < 4.78 is 26.3. The Morgan fingerprint density at radius 2 is 2.14 bits per heavy atom. The van der Waals surface area contributed by atoms with Crippen molar-refractivity contribution in [1.29, 1.82) is 0 Å². The van der Waals surface area contributed by atoms with Crippen LogP contribution in [0.3, 0.4) is 0 Å². The van der Waals surface area contributed by atoms with Gasteiger partial charge in [-0.1, -0.05) is 6.07 Å². The number of thiazole rings is 1. The highest BCUT2D eigenvalue weighted by Gasteiger charge is 2.05. The van der Waals surface area contributed by atoms with Crippen LogP contribution in [0.4, 0.5) is 8.78 Å². The fourth-order valence-corrected chi connectivity index (χ4v) is 2.63. The van der Waals surface area contributed by atoms with Gasteiger partial charge in [-0.15, -0.1) is 11.3 Å². The van der Waals surface area contributed by atoms with Crippen LogP contribution in [0, 0.1) is 18.6 Å². The Bertz CT molecular complexity index is 655. The summed E-state index contributed by atoms with van der Waals surface area (Å²) in [5.41, 5.74) is 0.472. The topological polar surface area (TPSA) is 49.3 Å². The van der Waals surface area contributed by atoms with E-state index in [2.05, 4.69) is 20.6 Å². The molecule has 0 saturated carbocycles. The van der Waals surface area contributed by atoms with E-state index in [9.17, 15) is 8.78 Å². The number of guanidine groups is 1. The molecule has 1 heterocycles. The Kier molecular flexibility index (Phi) is 5.83. The highest BCUT2D eigenvalue weighted by molar-refractivity contribution is 7.11. The molecule has 22 heavy (non-hydrogen) atoms. The first-order chi connectivity index (χ1) is 10.6. The molecule has 1 aromatic heterocycles. The maximum absolute atomic E-state index is 13.5. The number of aromatic nitrogens is 1. The van der Waals surface area contributed by atoms with Crippen molar-refractivity contribution in [3.8, 4) is 0 Å². The number of aryl methyl sites for hydroxylation is 1. The quantitative estimate of drug-likeness (QED) is 0.657. The summed E-state index contributed by atoms with van der Waals surface area (Å²) in [6.45, 7) is 3.09. The average molecular weight is 324 g/mol. The van der Waals surface area contributed by atoms with Gasteiger partial charge in [-0.2, -0.15) is 0 Å². The molecular formula is C15H18F2N4S. The van der Waals surface area contributed by atoms with Crippen LogP contribution in [0.5, 0.6) is 0 Å². The van der Waals surface area contributed by atoms with Crippen molar-refractivity contribution in [2.24, 2.45) is 4.99 Å². The molecule has 0 atom stereocenters. The Hall–Kier alpha value is -2.02. The number of benzene rings is 1. The van der Waals surface area contributed by atoms with Gasteiger partial charge in [0, 0.05) is 30.7 Å². The summed E-state index contributed by atoms with van der Waals surface area (Å²) in [7, 11) is 1.67. The zero-order chi connectivity index (χ0) is 15.9. The van der Waals surface area contributed by atoms with E-state index in [0.29, 0.717) is 31.0 Å². The third-order valence-electron chi connectivity index (χ3n) is 3.00. The minimum Gasteiger partial charge on any atom is -0.356 e. The number of nitrogens with one attached hydrogen (secondary N) is 2. The second kappa shape index (κ2) is 7.84. The van der Waals surface area contributed by atoms with E-state index in [1.165, 1.54) is 12.1 Å². The monoisotopic (exact) mass is 324 g/mol. The first-order valence-electron chi connectivity index (χ1n) is 6.88. The molecule has 0 aliphatic carbocycles. The van der Waals surface area contributed by atoms with Crippen LogP contribution in [0.2, 0.25) is 0 Å². The first kappa shape index (κ1) is 16.4.